The van der Waals surface area contributed by atoms with Gasteiger partial charge in [0, 0.05) is 21.9 Å². The number of aliphatic imine (C=N–C) groups is 1. The van der Waals surface area contributed by atoms with Gasteiger partial charge in [-0.05, 0) is 43.2 Å². The quantitative estimate of drug-likeness (QED) is 0.180. The van der Waals surface area contributed by atoms with Crippen LogP contribution < -0.4 is 5.56 Å². The van der Waals surface area contributed by atoms with E-state index >= 15 is 0 Å². The number of carbonyl (C=O) groups excluding carboxylic acids is 1. The Kier molecular flexibility index (Phi) is 7.13. The molecule has 5 aromatic rings. The molecular formula is C30H23ClN2O4S. The van der Waals surface area contributed by atoms with Crippen LogP contribution in [0.15, 0.2) is 88.6 Å². The van der Waals surface area contributed by atoms with Crippen LogP contribution in [0.2, 0.25) is 5.02 Å². The number of para-hydroxylation sites is 1. The summed E-state index contributed by atoms with van der Waals surface area (Å²) in [5.41, 5.74) is 2.36. The molecule has 0 spiro atoms. The molecule has 0 aliphatic rings. The molecule has 2 aromatic heterocycles. The lowest BCUT2D eigenvalue weighted by atomic mass is 10.1. The van der Waals surface area contributed by atoms with Gasteiger partial charge in [-0.2, -0.15) is 0 Å². The van der Waals surface area contributed by atoms with Crippen LogP contribution in [-0.4, -0.2) is 28.5 Å². The van der Waals surface area contributed by atoms with E-state index in [9.17, 15) is 14.7 Å². The first-order chi connectivity index (χ1) is 18.4. The second-order valence-electron chi connectivity index (χ2n) is 8.46. The number of aromatic hydroxyl groups is 1. The van der Waals surface area contributed by atoms with E-state index in [1.54, 1.807) is 55.5 Å². The normalized spacial score (nSPS) is 11.3. The molecule has 0 radical (unpaired) electrons. The van der Waals surface area contributed by atoms with Crippen molar-refractivity contribution in [2.24, 2.45) is 4.99 Å². The highest BCUT2D eigenvalue weighted by atomic mass is 35.5. The molecule has 8 heteroatoms. The SMILES string of the molecule is CCOC(=O)c1c(N=Cc2c(O)n(-c3ccccc3Cl)c(=O)c3ccccc23)sc(-c2ccccc2)c1C. The molecule has 6 nitrogen and oxygen atoms in total. The summed E-state index contributed by atoms with van der Waals surface area (Å²) in [6.07, 6.45) is 1.48. The van der Waals surface area contributed by atoms with Gasteiger partial charge in [-0.1, -0.05) is 72.3 Å². The average Bonchev–Trinajstić information content (AvgIpc) is 3.26. The summed E-state index contributed by atoms with van der Waals surface area (Å²) >= 11 is 7.75. The van der Waals surface area contributed by atoms with Crippen LogP contribution in [0.4, 0.5) is 5.00 Å². The van der Waals surface area contributed by atoms with Gasteiger partial charge in [0.2, 0.25) is 5.88 Å². The van der Waals surface area contributed by atoms with Crippen molar-refractivity contribution >= 4 is 50.9 Å². The van der Waals surface area contributed by atoms with E-state index in [1.165, 1.54) is 22.1 Å². The van der Waals surface area contributed by atoms with Crippen LogP contribution in [0.25, 0.3) is 26.9 Å². The van der Waals surface area contributed by atoms with E-state index in [0.717, 1.165) is 16.0 Å². The van der Waals surface area contributed by atoms with Gasteiger partial charge in [-0.15, -0.1) is 11.3 Å². The fourth-order valence-electron chi connectivity index (χ4n) is 4.37. The van der Waals surface area contributed by atoms with Gasteiger partial charge in [-0.3, -0.25) is 4.79 Å². The third-order valence-electron chi connectivity index (χ3n) is 6.15. The number of hydrogen-bond acceptors (Lipinski definition) is 6. The number of thiophene rings is 1. The van der Waals surface area contributed by atoms with E-state index < -0.39 is 11.5 Å². The van der Waals surface area contributed by atoms with Gasteiger partial charge in [0.1, 0.15) is 5.00 Å². The maximum absolute atomic E-state index is 13.4. The van der Waals surface area contributed by atoms with Crippen LogP contribution >= 0.6 is 22.9 Å². The number of rotatable bonds is 6. The summed E-state index contributed by atoms with van der Waals surface area (Å²) in [5.74, 6) is -0.773. The molecule has 0 atom stereocenters. The summed E-state index contributed by atoms with van der Waals surface area (Å²) < 4.78 is 6.51. The number of nitrogens with zero attached hydrogens (tertiary/aromatic N) is 2. The van der Waals surface area contributed by atoms with Crippen LogP contribution in [0.3, 0.4) is 0 Å². The van der Waals surface area contributed by atoms with Crippen LogP contribution in [-0.2, 0) is 4.74 Å². The number of ether oxygens (including phenoxy) is 1. The highest BCUT2D eigenvalue weighted by molar-refractivity contribution is 7.19. The van der Waals surface area contributed by atoms with E-state index in [0.29, 0.717) is 37.6 Å². The van der Waals surface area contributed by atoms with E-state index in [4.69, 9.17) is 16.3 Å². The Labute approximate surface area is 228 Å². The Morgan fingerprint density at radius 2 is 1.68 bits per heavy atom. The molecule has 3 aromatic carbocycles. The molecule has 0 aliphatic heterocycles. The number of carbonyl (C=O) groups is 1. The van der Waals surface area contributed by atoms with Gasteiger partial charge in [0.05, 0.1) is 28.4 Å². The predicted molar refractivity (Wildman–Crippen MR) is 154 cm³/mol. The minimum atomic E-state index is -0.467. The Balaban J connectivity index is 1.73. The van der Waals surface area contributed by atoms with E-state index in [2.05, 4.69) is 4.99 Å². The molecule has 38 heavy (non-hydrogen) atoms. The average molecular weight is 543 g/mol. The molecule has 0 unspecified atom stereocenters. The van der Waals surface area contributed by atoms with Crippen molar-refractivity contribution in [2.45, 2.75) is 13.8 Å². The first kappa shape index (κ1) is 25.4. The molecule has 0 amide bonds. The second-order valence-corrected chi connectivity index (χ2v) is 9.86. The molecule has 0 bridgehead atoms. The van der Waals surface area contributed by atoms with Gasteiger partial charge >= 0.3 is 5.97 Å². The molecule has 1 N–H and O–H groups in total. The van der Waals surface area contributed by atoms with Crippen molar-refractivity contribution in [3.8, 4) is 22.0 Å². The highest BCUT2D eigenvalue weighted by Crippen LogP contribution is 2.42. The highest BCUT2D eigenvalue weighted by Gasteiger charge is 2.23. The molecule has 2 heterocycles. The minimum absolute atomic E-state index is 0.228. The Hall–Kier alpha value is -4.20. The summed E-state index contributed by atoms with van der Waals surface area (Å²) in [6, 6.07) is 23.5. The van der Waals surface area contributed by atoms with Crippen molar-refractivity contribution in [1.82, 2.24) is 4.57 Å². The van der Waals surface area contributed by atoms with Gasteiger partial charge in [0.25, 0.3) is 5.56 Å². The topological polar surface area (TPSA) is 80.9 Å². The number of aromatic nitrogens is 1. The lowest BCUT2D eigenvalue weighted by Gasteiger charge is -2.14. The van der Waals surface area contributed by atoms with Gasteiger partial charge in [-0.25, -0.2) is 14.4 Å². The van der Waals surface area contributed by atoms with Crippen LogP contribution in [0, 0.1) is 6.92 Å². The predicted octanol–water partition coefficient (Wildman–Crippen LogP) is 7.31. The molecule has 0 saturated carbocycles. The van der Waals surface area contributed by atoms with Crippen molar-refractivity contribution in [3.63, 3.8) is 0 Å². The third kappa shape index (κ3) is 4.51. The maximum Gasteiger partial charge on any atom is 0.341 e. The molecule has 5 rings (SSSR count). The number of pyridine rings is 1. The molecule has 0 saturated heterocycles. The van der Waals surface area contributed by atoms with E-state index in [-0.39, 0.29) is 12.5 Å². The van der Waals surface area contributed by atoms with Crippen LogP contribution in [0.1, 0.15) is 28.4 Å². The smallest absolute Gasteiger partial charge is 0.341 e. The second kappa shape index (κ2) is 10.7. The zero-order chi connectivity index (χ0) is 26.8. The Morgan fingerprint density at radius 1 is 1.03 bits per heavy atom. The largest absolute Gasteiger partial charge is 0.494 e. The standard InChI is InChI=1S/C30H23ClN2O4S/c1-3-37-30(36)25-18(2)26(19-11-5-4-6-12-19)38-27(25)32-17-22-20-13-7-8-14-21(20)28(34)33(29(22)35)24-16-10-9-15-23(24)31/h4-17,35H,3H2,1-2H3. The Morgan fingerprint density at radius 3 is 2.39 bits per heavy atom. The maximum atomic E-state index is 13.4. The minimum Gasteiger partial charge on any atom is -0.494 e. The van der Waals surface area contributed by atoms with E-state index in [1.807, 2.05) is 37.3 Å². The Bertz CT molecular complexity index is 1760. The monoisotopic (exact) mass is 542 g/mol. The zero-order valence-corrected chi connectivity index (χ0v) is 22.2. The van der Waals surface area contributed by atoms with Crippen molar-refractivity contribution in [2.75, 3.05) is 6.61 Å². The number of benzene rings is 3. The van der Waals surface area contributed by atoms with Gasteiger partial charge < -0.3 is 9.84 Å². The van der Waals surface area contributed by atoms with Crippen molar-refractivity contribution < 1.29 is 14.6 Å². The van der Waals surface area contributed by atoms with Crippen molar-refractivity contribution in [3.05, 3.63) is 111 Å². The first-order valence-electron chi connectivity index (χ1n) is 11.9. The lowest BCUT2D eigenvalue weighted by Crippen LogP contribution is -2.20. The van der Waals surface area contributed by atoms with Crippen molar-refractivity contribution in [1.29, 1.82) is 0 Å². The number of esters is 1. The summed E-state index contributed by atoms with van der Waals surface area (Å²) in [6.45, 7) is 3.85. The fourth-order valence-corrected chi connectivity index (χ4v) is 5.73. The zero-order valence-electron chi connectivity index (χ0n) is 20.6. The summed E-state index contributed by atoms with van der Waals surface area (Å²) in [7, 11) is 0. The molecule has 0 fully saturated rings. The number of fused-ring (bicyclic) bond motifs is 1. The van der Waals surface area contributed by atoms with Gasteiger partial charge in [0.15, 0.2) is 0 Å². The summed E-state index contributed by atoms with van der Waals surface area (Å²) in [5, 5.41) is 13.0. The number of halogens is 1. The van der Waals surface area contributed by atoms with Crippen LogP contribution in [0.5, 0.6) is 5.88 Å². The number of hydrogen-bond donors (Lipinski definition) is 1. The molecule has 0 aliphatic carbocycles. The lowest BCUT2D eigenvalue weighted by molar-refractivity contribution is 0.0527. The fraction of sp³-hybridized carbons (Fsp3) is 0.100. The molecular weight excluding hydrogens is 520 g/mol. The first-order valence-corrected chi connectivity index (χ1v) is 13.1. The molecule has 190 valence electrons. The third-order valence-corrected chi connectivity index (χ3v) is 7.72. The summed E-state index contributed by atoms with van der Waals surface area (Å²) in [4.78, 5) is 31.9.